The van der Waals surface area contributed by atoms with Crippen molar-refractivity contribution in [3.63, 3.8) is 0 Å². The van der Waals surface area contributed by atoms with Crippen LogP contribution in [0.15, 0.2) is 34.1 Å². The van der Waals surface area contributed by atoms with Crippen molar-refractivity contribution in [2.45, 2.75) is 41.9 Å². The third-order valence-corrected chi connectivity index (χ3v) is 9.79. The molecule has 1 aromatic carbocycles. The van der Waals surface area contributed by atoms with Crippen molar-refractivity contribution in [1.82, 2.24) is 4.31 Å². The molecule has 2 amide bonds. The Kier molecular flexibility index (Phi) is 6.43. The second kappa shape index (κ2) is 8.93. The molecule has 0 unspecified atom stereocenters. The number of nitrogens with zero attached hydrogens (tertiary/aromatic N) is 1. The molecule has 31 heavy (non-hydrogen) atoms. The molecular formula is C21H25N3O4S3. The summed E-state index contributed by atoms with van der Waals surface area (Å²) >= 11 is 2.99. The number of carbonyl (C=O) groups excluding carboxylic acids is 2. The van der Waals surface area contributed by atoms with Crippen LogP contribution >= 0.6 is 23.1 Å². The minimum atomic E-state index is -3.58. The second-order valence-electron chi connectivity index (χ2n) is 7.77. The number of benzene rings is 1. The third kappa shape index (κ3) is 4.39. The zero-order valence-electron chi connectivity index (χ0n) is 17.2. The van der Waals surface area contributed by atoms with Crippen LogP contribution in [-0.4, -0.2) is 43.9 Å². The topological polar surface area (TPSA) is 110 Å². The Morgan fingerprint density at radius 2 is 1.84 bits per heavy atom. The van der Waals surface area contributed by atoms with Crippen molar-refractivity contribution in [2.75, 3.05) is 24.7 Å². The maximum atomic E-state index is 12.9. The van der Waals surface area contributed by atoms with E-state index >= 15 is 0 Å². The van der Waals surface area contributed by atoms with Gasteiger partial charge >= 0.3 is 0 Å². The predicted octanol–water partition coefficient (Wildman–Crippen LogP) is 3.10. The van der Waals surface area contributed by atoms with Gasteiger partial charge in [0.25, 0.3) is 5.91 Å². The highest BCUT2D eigenvalue weighted by Gasteiger charge is 2.33. The van der Waals surface area contributed by atoms with Gasteiger partial charge in [-0.25, -0.2) is 8.42 Å². The summed E-state index contributed by atoms with van der Waals surface area (Å²) in [7, 11) is -3.58. The molecule has 2 heterocycles. The van der Waals surface area contributed by atoms with Crippen molar-refractivity contribution in [3.8, 4) is 0 Å². The van der Waals surface area contributed by atoms with E-state index < -0.39 is 15.9 Å². The number of thioether (sulfide) groups is 1. The standard InChI is InChI=1S/C21H25N3O4S3/c1-29-14-5-7-15(8-6-14)31(27,28)24-11-9-13(10-12-24)20(26)23-21-18(19(22)25)16-3-2-4-17(16)30-21/h5-8,13H,2-4,9-12H2,1H3,(H2,22,25)(H,23,26). The van der Waals surface area contributed by atoms with Crippen molar-refractivity contribution in [3.05, 3.63) is 40.3 Å². The number of hydrogen-bond acceptors (Lipinski definition) is 6. The first-order chi connectivity index (χ1) is 14.8. The number of nitrogens with one attached hydrogen (secondary N) is 1. The fraction of sp³-hybridized carbons (Fsp3) is 0.429. The van der Waals surface area contributed by atoms with Crippen LogP contribution in [0.5, 0.6) is 0 Å². The molecular weight excluding hydrogens is 454 g/mol. The highest BCUT2D eigenvalue weighted by atomic mass is 32.2. The lowest BCUT2D eigenvalue weighted by Crippen LogP contribution is -2.41. The first-order valence-corrected chi connectivity index (χ1v) is 13.7. The number of nitrogens with two attached hydrogens (primary N) is 1. The van der Waals surface area contributed by atoms with Crippen LogP contribution in [0.3, 0.4) is 0 Å². The monoisotopic (exact) mass is 479 g/mol. The second-order valence-corrected chi connectivity index (χ2v) is 11.7. The van der Waals surface area contributed by atoms with E-state index in [0.717, 1.165) is 34.6 Å². The summed E-state index contributed by atoms with van der Waals surface area (Å²) in [4.78, 5) is 27.2. The number of aryl methyl sites for hydroxylation is 1. The van der Waals surface area contributed by atoms with Gasteiger partial charge in [-0.05, 0) is 68.2 Å². The number of primary amides is 1. The summed E-state index contributed by atoms with van der Waals surface area (Å²) in [5.41, 5.74) is 6.98. The Bertz CT molecular complexity index is 1100. The van der Waals surface area contributed by atoms with E-state index in [-0.39, 0.29) is 29.8 Å². The molecule has 3 N–H and O–H groups in total. The minimum absolute atomic E-state index is 0.177. The van der Waals surface area contributed by atoms with E-state index in [1.54, 1.807) is 36.0 Å². The maximum Gasteiger partial charge on any atom is 0.251 e. The molecule has 7 nitrogen and oxygen atoms in total. The lowest BCUT2D eigenvalue weighted by molar-refractivity contribution is -0.120. The minimum Gasteiger partial charge on any atom is -0.365 e. The van der Waals surface area contributed by atoms with Gasteiger partial charge in [0.05, 0.1) is 10.5 Å². The Hall–Kier alpha value is -1.88. The lowest BCUT2D eigenvalue weighted by atomic mass is 9.97. The molecule has 1 aliphatic heterocycles. The number of fused-ring (bicyclic) bond motifs is 1. The molecule has 1 aliphatic carbocycles. The van der Waals surface area contributed by atoms with Gasteiger partial charge in [0, 0.05) is 28.8 Å². The van der Waals surface area contributed by atoms with Gasteiger partial charge in [-0.3, -0.25) is 9.59 Å². The Morgan fingerprint density at radius 1 is 1.16 bits per heavy atom. The van der Waals surface area contributed by atoms with Crippen molar-refractivity contribution >= 4 is 49.9 Å². The average molecular weight is 480 g/mol. The molecule has 1 saturated heterocycles. The van der Waals surface area contributed by atoms with Gasteiger partial charge in [0.1, 0.15) is 5.00 Å². The fourth-order valence-electron chi connectivity index (χ4n) is 4.22. The first kappa shape index (κ1) is 22.3. The van der Waals surface area contributed by atoms with Crippen LogP contribution < -0.4 is 11.1 Å². The van der Waals surface area contributed by atoms with E-state index in [2.05, 4.69) is 5.32 Å². The Labute approximate surface area is 190 Å². The highest BCUT2D eigenvalue weighted by molar-refractivity contribution is 7.98. The zero-order chi connectivity index (χ0) is 22.2. The quantitative estimate of drug-likeness (QED) is 0.619. The van der Waals surface area contributed by atoms with Gasteiger partial charge in [0.2, 0.25) is 15.9 Å². The molecule has 166 valence electrons. The van der Waals surface area contributed by atoms with Crippen molar-refractivity contribution in [2.24, 2.45) is 11.7 Å². The molecule has 10 heteroatoms. The lowest BCUT2D eigenvalue weighted by Gasteiger charge is -2.30. The summed E-state index contributed by atoms with van der Waals surface area (Å²) in [6.45, 7) is 0.572. The Morgan fingerprint density at radius 3 is 2.45 bits per heavy atom. The molecule has 2 aromatic rings. The van der Waals surface area contributed by atoms with E-state index in [0.29, 0.717) is 23.4 Å². The molecule has 0 saturated carbocycles. The molecule has 0 atom stereocenters. The third-order valence-electron chi connectivity index (χ3n) is 5.93. The Balaban J connectivity index is 1.41. The molecule has 0 bridgehead atoms. The molecule has 1 fully saturated rings. The summed E-state index contributed by atoms with van der Waals surface area (Å²) in [6.07, 6.45) is 5.53. The van der Waals surface area contributed by atoms with Gasteiger partial charge in [0.15, 0.2) is 0 Å². The van der Waals surface area contributed by atoms with Crippen LogP contribution in [0.25, 0.3) is 0 Å². The van der Waals surface area contributed by atoms with E-state index in [9.17, 15) is 18.0 Å². The molecule has 1 aromatic heterocycles. The van der Waals surface area contributed by atoms with Gasteiger partial charge in [-0.15, -0.1) is 23.1 Å². The van der Waals surface area contributed by atoms with Crippen LogP contribution in [0.2, 0.25) is 0 Å². The number of thiophene rings is 1. The first-order valence-electron chi connectivity index (χ1n) is 10.2. The van der Waals surface area contributed by atoms with Crippen LogP contribution in [0.4, 0.5) is 5.00 Å². The number of piperidine rings is 1. The molecule has 0 spiro atoms. The summed E-state index contributed by atoms with van der Waals surface area (Å²) in [6, 6.07) is 6.85. The van der Waals surface area contributed by atoms with Crippen molar-refractivity contribution in [1.29, 1.82) is 0 Å². The van der Waals surface area contributed by atoms with Crippen molar-refractivity contribution < 1.29 is 18.0 Å². The van der Waals surface area contributed by atoms with E-state index in [1.807, 2.05) is 6.26 Å². The molecule has 0 radical (unpaired) electrons. The number of anilines is 1. The number of rotatable bonds is 6. The van der Waals surface area contributed by atoms with Gasteiger partial charge in [-0.2, -0.15) is 4.31 Å². The number of carbonyl (C=O) groups is 2. The number of hydrogen-bond donors (Lipinski definition) is 2. The SMILES string of the molecule is CSc1ccc(S(=O)(=O)N2CCC(C(=O)Nc3sc4c(c3C(N)=O)CCC4)CC2)cc1. The maximum absolute atomic E-state index is 12.9. The van der Waals surface area contributed by atoms with E-state index in [1.165, 1.54) is 15.6 Å². The summed E-state index contributed by atoms with van der Waals surface area (Å²) in [5, 5.41) is 3.43. The molecule has 4 rings (SSSR count). The zero-order valence-corrected chi connectivity index (χ0v) is 19.7. The van der Waals surface area contributed by atoms with Crippen LogP contribution in [0, 0.1) is 5.92 Å². The summed E-state index contributed by atoms with van der Waals surface area (Å²) < 4.78 is 27.3. The number of amides is 2. The van der Waals surface area contributed by atoms with Crippen LogP contribution in [-0.2, 0) is 27.7 Å². The van der Waals surface area contributed by atoms with Crippen LogP contribution in [0.1, 0.15) is 40.1 Å². The number of sulfonamides is 1. The smallest absolute Gasteiger partial charge is 0.251 e. The predicted molar refractivity (Wildman–Crippen MR) is 123 cm³/mol. The molecule has 2 aliphatic rings. The van der Waals surface area contributed by atoms with Gasteiger partial charge in [-0.1, -0.05) is 0 Å². The fourth-order valence-corrected chi connectivity index (χ4v) is 7.40. The van der Waals surface area contributed by atoms with Gasteiger partial charge < -0.3 is 11.1 Å². The highest BCUT2D eigenvalue weighted by Crippen LogP contribution is 2.39. The normalized spacial score (nSPS) is 17.5. The average Bonchev–Trinajstić information content (AvgIpc) is 3.34. The largest absolute Gasteiger partial charge is 0.365 e. The summed E-state index contributed by atoms with van der Waals surface area (Å²) in [5.74, 6) is -0.991. The van der Waals surface area contributed by atoms with E-state index in [4.69, 9.17) is 5.73 Å².